The minimum Gasteiger partial charge on any atom is -0.870 e. The molecule has 0 heterocycles. The number of carboxylic acid groups (broad SMARTS) is 3. The van der Waals surface area contributed by atoms with Crippen LogP contribution in [0, 0.1) is 0 Å². The van der Waals surface area contributed by atoms with Gasteiger partial charge in [0.1, 0.15) is 0 Å². The van der Waals surface area contributed by atoms with Gasteiger partial charge in [0.05, 0.1) is 16.7 Å². The maximum Gasteiger partial charge on any atom is 4.00 e. The SMILES string of the molecule is O=C(O)c1cc(C(=O)O)cc(C(=O)O)c1.[OH-].[OH-].[OH-].[OH-].[Zr+4]. The molecular weight excluding hydrogens is 359 g/mol. The average molecular weight is 369 g/mol. The largest absolute Gasteiger partial charge is 4.00 e. The van der Waals surface area contributed by atoms with Crippen LogP contribution in [0.3, 0.4) is 0 Å². The summed E-state index contributed by atoms with van der Waals surface area (Å²) in [4.78, 5) is 31.7. The van der Waals surface area contributed by atoms with Crippen molar-refractivity contribution in [3.63, 3.8) is 0 Å². The van der Waals surface area contributed by atoms with Crippen molar-refractivity contribution in [3.05, 3.63) is 34.9 Å². The Kier molecular flexibility index (Phi) is 19.2. The molecule has 7 N–H and O–H groups in total. The number of carboxylic acids is 3. The molecule has 1 aromatic rings. The molecular formula is C9H10O10Zr. The van der Waals surface area contributed by atoms with Gasteiger partial charge < -0.3 is 37.2 Å². The normalized spacial score (nSPS) is 7.20. The summed E-state index contributed by atoms with van der Waals surface area (Å²) in [6.07, 6.45) is 0. The first kappa shape index (κ1) is 31.0. The Morgan fingerprint density at radius 2 is 0.750 bits per heavy atom. The van der Waals surface area contributed by atoms with Crippen molar-refractivity contribution in [3.8, 4) is 0 Å². The summed E-state index contributed by atoms with van der Waals surface area (Å²) in [5.41, 5.74) is -1.10. The van der Waals surface area contributed by atoms with E-state index in [-0.39, 0.29) is 64.8 Å². The van der Waals surface area contributed by atoms with Crippen molar-refractivity contribution in [2.45, 2.75) is 0 Å². The molecule has 10 nitrogen and oxygen atoms in total. The number of aromatic carboxylic acids is 3. The van der Waals surface area contributed by atoms with Crippen LogP contribution in [0.5, 0.6) is 0 Å². The number of hydrogen-bond donors (Lipinski definition) is 3. The molecule has 0 aromatic heterocycles. The number of carbonyl (C=O) groups is 3. The maximum atomic E-state index is 10.6. The number of benzene rings is 1. The molecule has 0 fully saturated rings. The topological polar surface area (TPSA) is 232 Å². The molecule has 0 aliphatic rings. The second kappa shape index (κ2) is 12.4. The molecule has 0 amide bonds. The van der Waals surface area contributed by atoms with Gasteiger partial charge in [0.25, 0.3) is 0 Å². The zero-order valence-electron chi connectivity index (χ0n) is 9.59. The summed E-state index contributed by atoms with van der Waals surface area (Å²) >= 11 is 0. The van der Waals surface area contributed by atoms with Gasteiger partial charge in [-0.15, -0.1) is 0 Å². The van der Waals surface area contributed by atoms with Crippen LogP contribution in [0.25, 0.3) is 0 Å². The van der Waals surface area contributed by atoms with E-state index < -0.39 is 17.9 Å². The fourth-order valence-electron chi connectivity index (χ4n) is 0.998. The number of rotatable bonds is 3. The molecule has 1 rings (SSSR count). The van der Waals surface area contributed by atoms with E-state index in [1.807, 2.05) is 0 Å². The first-order valence-corrected chi connectivity index (χ1v) is 3.77. The van der Waals surface area contributed by atoms with E-state index in [4.69, 9.17) is 15.3 Å². The molecule has 0 unspecified atom stereocenters. The summed E-state index contributed by atoms with van der Waals surface area (Å²) < 4.78 is 0. The smallest absolute Gasteiger partial charge is 0.870 e. The Balaban J connectivity index is -0.000000150. The minimum absolute atomic E-state index is 0. The Morgan fingerprint density at radius 1 is 0.600 bits per heavy atom. The van der Waals surface area contributed by atoms with Crippen molar-refractivity contribution in [2.75, 3.05) is 0 Å². The summed E-state index contributed by atoms with van der Waals surface area (Å²) in [6, 6.07) is 2.70. The average Bonchev–Trinajstić information content (AvgIpc) is 2.16. The molecule has 11 heteroatoms. The molecule has 0 saturated heterocycles. The van der Waals surface area contributed by atoms with E-state index >= 15 is 0 Å². The van der Waals surface area contributed by atoms with E-state index in [1.165, 1.54) is 0 Å². The van der Waals surface area contributed by atoms with Gasteiger partial charge in [0.2, 0.25) is 0 Å². The zero-order valence-corrected chi connectivity index (χ0v) is 12.0. The van der Waals surface area contributed by atoms with E-state index in [1.54, 1.807) is 0 Å². The quantitative estimate of drug-likeness (QED) is 0.648. The molecule has 1 aromatic carbocycles. The fraction of sp³-hybridized carbons (Fsp3) is 0. The van der Waals surface area contributed by atoms with Crippen LogP contribution >= 0.6 is 0 Å². The first-order valence-electron chi connectivity index (χ1n) is 3.77. The van der Waals surface area contributed by atoms with Gasteiger partial charge >= 0.3 is 44.1 Å². The minimum atomic E-state index is -1.37. The molecule has 0 spiro atoms. The van der Waals surface area contributed by atoms with Gasteiger partial charge in [-0.1, -0.05) is 0 Å². The standard InChI is InChI=1S/C9H6O6.4H2O.Zr/c10-7(11)4-1-5(8(12)13)3-6(2-4)9(14)15;;;;;/h1-3H,(H,10,11)(H,12,13)(H,14,15);4*1H2;/q;;;;;+4/p-4. The van der Waals surface area contributed by atoms with Crippen LogP contribution in [-0.2, 0) is 26.2 Å². The molecule has 0 bridgehead atoms. The van der Waals surface area contributed by atoms with E-state index in [0.29, 0.717) is 0 Å². The van der Waals surface area contributed by atoms with E-state index in [9.17, 15) is 14.4 Å². The summed E-state index contributed by atoms with van der Waals surface area (Å²) in [7, 11) is 0. The van der Waals surface area contributed by atoms with Crippen molar-refractivity contribution >= 4 is 17.9 Å². The Labute approximate surface area is 131 Å². The van der Waals surface area contributed by atoms with Gasteiger partial charge in [0.15, 0.2) is 0 Å². The molecule has 0 radical (unpaired) electrons. The molecule has 0 aliphatic carbocycles. The monoisotopic (exact) mass is 368 g/mol. The van der Waals surface area contributed by atoms with Gasteiger partial charge in [-0.25, -0.2) is 14.4 Å². The first-order chi connectivity index (χ1) is 6.91. The van der Waals surface area contributed by atoms with Crippen LogP contribution < -0.4 is 0 Å². The van der Waals surface area contributed by atoms with E-state index in [0.717, 1.165) is 18.2 Å². The third kappa shape index (κ3) is 7.71. The third-order valence-electron chi connectivity index (χ3n) is 1.67. The third-order valence-corrected chi connectivity index (χ3v) is 1.67. The van der Waals surface area contributed by atoms with Gasteiger partial charge in [-0.05, 0) is 18.2 Å². The molecule has 0 atom stereocenters. The number of hydrogen-bond acceptors (Lipinski definition) is 7. The Morgan fingerprint density at radius 3 is 0.850 bits per heavy atom. The summed E-state index contributed by atoms with van der Waals surface area (Å²) in [5, 5.41) is 25.8. The van der Waals surface area contributed by atoms with Crippen LogP contribution in [0.2, 0.25) is 0 Å². The van der Waals surface area contributed by atoms with Crippen LogP contribution in [0.1, 0.15) is 31.1 Å². The predicted octanol–water partition coefficient (Wildman–Crippen LogP) is 0.0715. The molecule has 110 valence electrons. The van der Waals surface area contributed by atoms with Crippen LogP contribution in [0.4, 0.5) is 0 Å². The van der Waals surface area contributed by atoms with Gasteiger partial charge in [0, 0.05) is 0 Å². The zero-order chi connectivity index (χ0) is 11.6. The van der Waals surface area contributed by atoms with Crippen LogP contribution in [-0.4, -0.2) is 55.1 Å². The second-order valence-electron chi connectivity index (χ2n) is 2.71. The van der Waals surface area contributed by atoms with Crippen molar-refractivity contribution in [2.24, 2.45) is 0 Å². The van der Waals surface area contributed by atoms with Crippen LogP contribution in [0.15, 0.2) is 18.2 Å². The van der Waals surface area contributed by atoms with Gasteiger partial charge in [-0.2, -0.15) is 0 Å². The predicted molar refractivity (Wildman–Crippen MR) is 55.1 cm³/mol. The second-order valence-corrected chi connectivity index (χ2v) is 2.71. The molecule has 0 saturated carbocycles. The molecule has 20 heavy (non-hydrogen) atoms. The Bertz CT molecular complexity index is 379. The summed E-state index contributed by atoms with van der Waals surface area (Å²) in [6.45, 7) is 0. The maximum absolute atomic E-state index is 10.6. The fourth-order valence-corrected chi connectivity index (χ4v) is 0.998. The van der Waals surface area contributed by atoms with Crippen molar-refractivity contribution in [1.29, 1.82) is 0 Å². The molecule has 0 aliphatic heterocycles. The summed E-state index contributed by atoms with van der Waals surface area (Å²) in [5.74, 6) is -4.12. The van der Waals surface area contributed by atoms with E-state index in [2.05, 4.69) is 0 Å². The Hall–Kier alpha value is -1.65. The van der Waals surface area contributed by atoms with Crippen molar-refractivity contribution < 1.29 is 77.8 Å². The van der Waals surface area contributed by atoms with Crippen molar-refractivity contribution in [1.82, 2.24) is 0 Å². The van der Waals surface area contributed by atoms with Gasteiger partial charge in [-0.3, -0.25) is 0 Å².